The van der Waals surface area contributed by atoms with Crippen LogP contribution >= 0.6 is 37.2 Å². The topological polar surface area (TPSA) is 70.8 Å². The molecule has 6 nitrogen and oxygen atoms in total. The van der Waals surface area contributed by atoms with Gasteiger partial charge in [-0.15, -0.1) is 37.2 Å². The zero-order chi connectivity index (χ0) is 14.3. The van der Waals surface area contributed by atoms with E-state index in [4.69, 9.17) is 10.5 Å². The third-order valence-corrected chi connectivity index (χ3v) is 2.95. The molecule has 1 aliphatic heterocycles. The van der Waals surface area contributed by atoms with E-state index in [1.165, 1.54) is 0 Å². The summed E-state index contributed by atoms with van der Waals surface area (Å²) in [6, 6.07) is 0. The summed E-state index contributed by atoms with van der Waals surface area (Å²) in [6.45, 7) is 12.5. The van der Waals surface area contributed by atoms with Crippen molar-refractivity contribution in [3.63, 3.8) is 0 Å². The highest BCUT2D eigenvalue weighted by Crippen LogP contribution is 2.11. The maximum atomic E-state index is 11.9. The maximum Gasteiger partial charge on any atom is 0.410 e. The number of halogens is 3. The highest BCUT2D eigenvalue weighted by Gasteiger charge is 2.25. The van der Waals surface area contributed by atoms with Crippen molar-refractivity contribution in [3.05, 3.63) is 0 Å². The van der Waals surface area contributed by atoms with Gasteiger partial charge >= 0.3 is 6.09 Å². The minimum Gasteiger partial charge on any atom is -0.444 e. The molecule has 0 radical (unpaired) electrons. The molecule has 0 aromatic rings. The Labute approximate surface area is 152 Å². The maximum absolute atomic E-state index is 11.9. The Morgan fingerprint density at radius 2 is 1.64 bits per heavy atom. The fraction of sp³-hybridized carbons (Fsp3) is 0.923. The summed E-state index contributed by atoms with van der Waals surface area (Å²) in [7, 11) is 0. The zero-order valence-corrected chi connectivity index (χ0v) is 16.1. The van der Waals surface area contributed by atoms with Crippen LogP contribution in [-0.2, 0) is 4.74 Å². The van der Waals surface area contributed by atoms with Crippen molar-refractivity contribution in [2.75, 3.05) is 52.4 Å². The van der Waals surface area contributed by atoms with Crippen LogP contribution in [0.1, 0.15) is 20.8 Å². The molecule has 0 bridgehead atoms. The van der Waals surface area contributed by atoms with Crippen molar-refractivity contribution in [2.24, 2.45) is 5.73 Å². The second kappa shape index (κ2) is 13.5. The molecule has 1 amide bonds. The van der Waals surface area contributed by atoms with Crippen molar-refractivity contribution in [1.29, 1.82) is 0 Å². The average molecular weight is 382 g/mol. The number of carbonyl (C=O) groups excluding carboxylic acids is 1. The van der Waals surface area contributed by atoms with Gasteiger partial charge in [0.1, 0.15) is 5.60 Å². The van der Waals surface area contributed by atoms with Gasteiger partial charge in [-0.25, -0.2) is 4.79 Å². The standard InChI is InChI=1S/C13H28N4O2.3ClH/c1-13(2,3)19-12(18)17-10-8-16(9-11-17)7-6-15-5-4-14;;;/h15H,4-11,14H2,1-3H3;3*1H. The first-order valence-corrected chi connectivity index (χ1v) is 7.03. The van der Waals surface area contributed by atoms with Gasteiger partial charge in [-0.2, -0.15) is 0 Å². The van der Waals surface area contributed by atoms with E-state index < -0.39 is 5.60 Å². The van der Waals surface area contributed by atoms with E-state index in [0.29, 0.717) is 6.54 Å². The third-order valence-electron chi connectivity index (χ3n) is 2.95. The molecule has 9 heteroatoms. The molecule has 1 fully saturated rings. The molecule has 0 unspecified atom stereocenters. The first-order chi connectivity index (χ1) is 8.92. The van der Waals surface area contributed by atoms with Gasteiger partial charge in [0.05, 0.1) is 0 Å². The summed E-state index contributed by atoms with van der Waals surface area (Å²) >= 11 is 0. The highest BCUT2D eigenvalue weighted by atomic mass is 35.5. The molecule has 0 atom stereocenters. The normalized spacial score (nSPS) is 15.2. The van der Waals surface area contributed by atoms with Crippen LogP contribution in [0.4, 0.5) is 4.79 Å². The molecule has 0 saturated carbocycles. The molecule has 0 aromatic carbocycles. The fourth-order valence-electron chi connectivity index (χ4n) is 1.94. The number of amides is 1. The predicted molar refractivity (Wildman–Crippen MR) is 97.9 cm³/mol. The molecule has 0 aromatic heterocycles. The summed E-state index contributed by atoms with van der Waals surface area (Å²) in [5.74, 6) is 0. The molecule has 0 aliphatic carbocycles. The predicted octanol–water partition coefficient (Wildman–Crippen LogP) is 1.35. The second-order valence-electron chi connectivity index (χ2n) is 5.85. The molecule has 1 aliphatic rings. The lowest BCUT2D eigenvalue weighted by Gasteiger charge is -2.35. The Morgan fingerprint density at radius 3 is 2.09 bits per heavy atom. The SMILES string of the molecule is CC(C)(C)OC(=O)N1CCN(CCNCCN)CC1.Cl.Cl.Cl. The Balaban J connectivity index is -0.00000120. The van der Waals surface area contributed by atoms with E-state index >= 15 is 0 Å². The Kier molecular flexibility index (Phi) is 16.5. The number of nitrogens with zero attached hydrogens (tertiary/aromatic N) is 2. The first kappa shape index (κ1) is 26.9. The Hall–Kier alpha value is 0.0200. The lowest BCUT2D eigenvalue weighted by atomic mass is 10.2. The van der Waals surface area contributed by atoms with Crippen molar-refractivity contribution in [1.82, 2.24) is 15.1 Å². The van der Waals surface area contributed by atoms with E-state index in [2.05, 4.69) is 10.2 Å². The van der Waals surface area contributed by atoms with Crippen molar-refractivity contribution >= 4 is 43.3 Å². The zero-order valence-electron chi connectivity index (χ0n) is 13.7. The molecule has 1 rings (SSSR count). The molecule has 136 valence electrons. The van der Waals surface area contributed by atoms with Crippen molar-refractivity contribution < 1.29 is 9.53 Å². The monoisotopic (exact) mass is 380 g/mol. The van der Waals surface area contributed by atoms with Gasteiger partial charge in [0, 0.05) is 52.4 Å². The number of ether oxygens (including phenoxy) is 1. The van der Waals surface area contributed by atoms with Gasteiger partial charge in [-0.3, -0.25) is 4.90 Å². The number of hydrogen-bond donors (Lipinski definition) is 2. The Bertz CT molecular complexity index is 283. The van der Waals surface area contributed by atoms with Gasteiger partial charge in [0.25, 0.3) is 0 Å². The largest absolute Gasteiger partial charge is 0.444 e. The van der Waals surface area contributed by atoms with Gasteiger partial charge in [0.2, 0.25) is 0 Å². The van der Waals surface area contributed by atoms with Crippen LogP contribution in [-0.4, -0.2) is 73.9 Å². The van der Waals surface area contributed by atoms with Crippen LogP contribution in [0.15, 0.2) is 0 Å². The molecular formula is C13H31Cl3N4O2. The van der Waals surface area contributed by atoms with Gasteiger partial charge in [-0.05, 0) is 20.8 Å². The number of rotatable bonds is 5. The van der Waals surface area contributed by atoms with Gasteiger partial charge in [-0.1, -0.05) is 0 Å². The summed E-state index contributed by atoms with van der Waals surface area (Å²) in [6.07, 6.45) is -0.201. The number of hydrogen-bond acceptors (Lipinski definition) is 5. The third kappa shape index (κ3) is 11.6. The Morgan fingerprint density at radius 1 is 1.09 bits per heavy atom. The van der Waals surface area contributed by atoms with Crippen LogP contribution in [0.25, 0.3) is 0 Å². The number of nitrogens with two attached hydrogens (primary N) is 1. The highest BCUT2D eigenvalue weighted by molar-refractivity contribution is 5.86. The quantitative estimate of drug-likeness (QED) is 0.704. The smallest absolute Gasteiger partial charge is 0.410 e. The molecular weight excluding hydrogens is 351 g/mol. The van der Waals surface area contributed by atoms with E-state index in [1.54, 1.807) is 4.90 Å². The number of piperazine rings is 1. The van der Waals surface area contributed by atoms with Crippen molar-refractivity contribution in [3.8, 4) is 0 Å². The van der Waals surface area contributed by atoms with Gasteiger partial charge < -0.3 is 20.7 Å². The van der Waals surface area contributed by atoms with Crippen molar-refractivity contribution in [2.45, 2.75) is 26.4 Å². The molecule has 3 N–H and O–H groups in total. The minimum atomic E-state index is -0.416. The van der Waals surface area contributed by atoms with E-state index in [9.17, 15) is 4.79 Å². The summed E-state index contributed by atoms with van der Waals surface area (Å²) in [4.78, 5) is 16.0. The van der Waals surface area contributed by atoms with Crippen LogP contribution in [0, 0.1) is 0 Å². The van der Waals surface area contributed by atoms with E-state index in [-0.39, 0.29) is 43.3 Å². The first-order valence-electron chi connectivity index (χ1n) is 7.03. The molecule has 1 saturated heterocycles. The van der Waals surface area contributed by atoms with Gasteiger partial charge in [0.15, 0.2) is 0 Å². The lowest BCUT2D eigenvalue weighted by molar-refractivity contribution is 0.0146. The summed E-state index contributed by atoms with van der Waals surface area (Å²) in [5, 5.41) is 3.28. The average Bonchev–Trinajstić information content (AvgIpc) is 2.33. The minimum absolute atomic E-state index is 0. The van der Waals surface area contributed by atoms with Crippen LogP contribution in [0.5, 0.6) is 0 Å². The van der Waals surface area contributed by atoms with Crippen LogP contribution < -0.4 is 11.1 Å². The van der Waals surface area contributed by atoms with Crippen LogP contribution in [0.3, 0.4) is 0 Å². The fourth-order valence-corrected chi connectivity index (χ4v) is 1.94. The second-order valence-corrected chi connectivity index (χ2v) is 5.85. The lowest BCUT2D eigenvalue weighted by Crippen LogP contribution is -2.51. The summed E-state index contributed by atoms with van der Waals surface area (Å²) < 4.78 is 5.37. The van der Waals surface area contributed by atoms with Crippen LogP contribution in [0.2, 0.25) is 0 Å². The molecule has 1 heterocycles. The number of carbonyl (C=O) groups is 1. The number of nitrogens with one attached hydrogen (secondary N) is 1. The molecule has 0 spiro atoms. The summed E-state index contributed by atoms with van der Waals surface area (Å²) in [5.41, 5.74) is 5.00. The molecule has 22 heavy (non-hydrogen) atoms. The van der Waals surface area contributed by atoms with E-state index in [1.807, 2.05) is 20.8 Å². The van der Waals surface area contributed by atoms with E-state index in [0.717, 1.165) is 45.8 Å².